The first-order chi connectivity index (χ1) is 9.61. The van der Waals surface area contributed by atoms with Crippen LogP contribution in [0.5, 0.6) is 0 Å². The Morgan fingerprint density at radius 3 is 2.65 bits per heavy atom. The number of imidazole rings is 1. The molecule has 4 heteroatoms. The SMILES string of the molecule is Cc1ccc2nc(SC(C)c3ccc(F)cc3)[nH]c2c1. The maximum Gasteiger partial charge on any atom is 0.166 e. The number of thioether (sulfide) groups is 1. The molecule has 1 N–H and O–H groups in total. The van der Waals surface area contributed by atoms with E-state index in [1.54, 1.807) is 11.8 Å². The zero-order valence-electron chi connectivity index (χ0n) is 11.4. The number of aryl methyl sites for hydroxylation is 1. The number of H-pyrrole nitrogens is 1. The number of hydrogen-bond acceptors (Lipinski definition) is 2. The fourth-order valence-electron chi connectivity index (χ4n) is 2.13. The van der Waals surface area contributed by atoms with E-state index in [1.807, 2.05) is 18.2 Å². The third-order valence-electron chi connectivity index (χ3n) is 3.24. The van der Waals surface area contributed by atoms with Crippen LogP contribution in [0.4, 0.5) is 4.39 Å². The molecular formula is C16H15FN2S. The van der Waals surface area contributed by atoms with Crippen LogP contribution in [0.25, 0.3) is 11.0 Å². The van der Waals surface area contributed by atoms with E-state index >= 15 is 0 Å². The molecule has 2 aromatic carbocycles. The van der Waals surface area contributed by atoms with Crippen LogP contribution < -0.4 is 0 Å². The van der Waals surface area contributed by atoms with Crippen molar-refractivity contribution in [3.05, 3.63) is 59.4 Å². The van der Waals surface area contributed by atoms with Crippen LogP contribution in [0.3, 0.4) is 0 Å². The van der Waals surface area contributed by atoms with Crippen molar-refractivity contribution in [2.75, 3.05) is 0 Å². The van der Waals surface area contributed by atoms with Gasteiger partial charge in [-0.3, -0.25) is 0 Å². The summed E-state index contributed by atoms with van der Waals surface area (Å²) in [7, 11) is 0. The van der Waals surface area contributed by atoms with Crippen LogP contribution >= 0.6 is 11.8 Å². The van der Waals surface area contributed by atoms with E-state index in [0.29, 0.717) is 0 Å². The topological polar surface area (TPSA) is 28.7 Å². The number of aromatic amines is 1. The van der Waals surface area contributed by atoms with E-state index in [1.165, 1.54) is 17.7 Å². The number of aromatic nitrogens is 2. The molecule has 0 aliphatic carbocycles. The Kier molecular flexibility index (Phi) is 3.49. The van der Waals surface area contributed by atoms with Crippen molar-refractivity contribution in [1.29, 1.82) is 0 Å². The van der Waals surface area contributed by atoms with Crippen molar-refractivity contribution in [3.63, 3.8) is 0 Å². The average Bonchev–Trinajstić information content (AvgIpc) is 2.80. The van der Waals surface area contributed by atoms with Crippen molar-refractivity contribution in [2.24, 2.45) is 0 Å². The van der Waals surface area contributed by atoms with E-state index in [0.717, 1.165) is 21.8 Å². The molecule has 3 rings (SSSR count). The Bertz CT molecular complexity index is 734. The maximum atomic E-state index is 12.9. The first-order valence-electron chi connectivity index (χ1n) is 6.50. The van der Waals surface area contributed by atoms with E-state index < -0.39 is 0 Å². The highest BCUT2D eigenvalue weighted by molar-refractivity contribution is 7.99. The first kappa shape index (κ1) is 13.2. The zero-order chi connectivity index (χ0) is 14.1. The quantitative estimate of drug-likeness (QED) is 0.696. The van der Waals surface area contributed by atoms with Gasteiger partial charge >= 0.3 is 0 Å². The highest BCUT2D eigenvalue weighted by Crippen LogP contribution is 2.34. The van der Waals surface area contributed by atoms with Crippen molar-refractivity contribution in [2.45, 2.75) is 24.3 Å². The number of fused-ring (bicyclic) bond motifs is 1. The smallest absolute Gasteiger partial charge is 0.166 e. The molecule has 20 heavy (non-hydrogen) atoms. The molecule has 2 nitrogen and oxygen atoms in total. The lowest BCUT2D eigenvalue weighted by Crippen LogP contribution is -1.89. The van der Waals surface area contributed by atoms with Crippen molar-refractivity contribution < 1.29 is 4.39 Å². The fraction of sp³-hybridized carbons (Fsp3) is 0.188. The number of hydrogen-bond donors (Lipinski definition) is 1. The minimum atomic E-state index is -0.204. The van der Waals surface area contributed by atoms with Crippen LogP contribution in [0.2, 0.25) is 0 Å². The molecule has 0 bridgehead atoms. The standard InChI is InChI=1S/C16H15FN2S/c1-10-3-8-14-15(9-10)19-16(18-14)20-11(2)12-4-6-13(17)7-5-12/h3-9,11H,1-2H3,(H,18,19). The predicted molar refractivity (Wildman–Crippen MR) is 81.5 cm³/mol. The van der Waals surface area contributed by atoms with Gasteiger partial charge in [-0.05, 0) is 49.2 Å². The summed E-state index contributed by atoms with van der Waals surface area (Å²) < 4.78 is 12.9. The van der Waals surface area contributed by atoms with Crippen LogP contribution in [-0.2, 0) is 0 Å². The molecule has 1 atom stereocenters. The fourth-order valence-corrected chi connectivity index (χ4v) is 3.07. The van der Waals surface area contributed by atoms with Crippen molar-refractivity contribution >= 4 is 22.8 Å². The number of halogens is 1. The summed E-state index contributed by atoms with van der Waals surface area (Å²) in [5.74, 6) is -0.204. The molecule has 0 radical (unpaired) electrons. The molecule has 0 spiro atoms. The van der Waals surface area contributed by atoms with Crippen molar-refractivity contribution in [3.8, 4) is 0 Å². The molecule has 3 aromatic rings. The summed E-state index contributed by atoms with van der Waals surface area (Å²) in [6.45, 7) is 4.16. The molecule has 1 unspecified atom stereocenters. The van der Waals surface area contributed by atoms with Gasteiger partial charge in [0.05, 0.1) is 11.0 Å². The first-order valence-corrected chi connectivity index (χ1v) is 7.38. The van der Waals surface area contributed by atoms with Gasteiger partial charge in [-0.2, -0.15) is 0 Å². The molecule has 1 heterocycles. The Labute approximate surface area is 121 Å². The highest BCUT2D eigenvalue weighted by Gasteiger charge is 2.11. The third kappa shape index (κ3) is 2.70. The normalized spacial score (nSPS) is 12.8. The minimum Gasteiger partial charge on any atom is -0.333 e. The zero-order valence-corrected chi connectivity index (χ0v) is 12.2. The minimum absolute atomic E-state index is 0.204. The lowest BCUT2D eigenvalue weighted by molar-refractivity contribution is 0.627. The van der Waals surface area contributed by atoms with Crippen molar-refractivity contribution in [1.82, 2.24) is 9.97 Å². The van der Waals surface area contributed by atoms with Gasteiger partial charge in [-0.15, -0.1) is 0 Å². The van der Waals surface area contributed by atoms with Gasteiger partial charge in [0.1, 0.15) is 5.82 Å². The number of rotatable bonds is 3. The Morgan fingerprint density at radius 2 is 1.90 bits per heavy atom. The van der Waals surface area contributed by atoms with E-state index in [4.69, 9.17) is 0 Å². The molecular weight excluding hydrogens is 271 g/mol. The lowest BCUT2D eigenvalue weighted by atomic mass is 10.2. The Balaban J connectivity index is 1.83. The Morgan fingerprint density at radius 1 is 1.15 bits per heavy atom. The largest absolute Gasteiger partial charge is 0.333 e. The third-order valence-corrected chi connectivity index (χ3v) is 4.29. The lowest BCUT2D eigenvalue weighted by Gasteiger charge is -2.09. The molecule has 0 fully saturated rings. The highest BCUT2D eigenvalue weighted by atomic mass is 32.2. The predicted octanol–water partition coefficient (Wildman–Crippen LogP) is 4.86. The van der Waals surface area contributed by atoms with Gasteiger partial charge in [-0.1, -0.05) is 30.0 Å². The average molecular weight is 286 g/mol. The van der Waals surface area contributed by atoms with Gasteiger partial charge in [0, 0.05) is 5.25 Å². The molecule has 102 valence electrons. The van der Waals surface area contributed by atoms with Gasteiger partial charge in [0.25, 0.3) is 0 Å². The molecule has 0 saturated heterocycles. The van der Waals surface area contributed by atoms with Crippen LogP contribution in [0.15, 0.2) is 47.6 Å². The molecule has 1 aromatic heterocycles. The monoisotopic (exact) mass is 286 g/mol. The van der Waals surface area contributed by atoms with Gasteiger partial charge in [-0.25, -0.2) is 9.37 Å². The molecule has 0 aliphatic heterocycles. The second-order valence-electron chi connectivity index (χ2n) is 4.87. The number of nitrogens with one attached hydrogen (secondary N) is 1. The van der Waals surface area contributed by atoms with Crippen LogP contribution in [0.1, 0.15) is 23.3 Å². The van der Waals surface area contributed by atoms with E-state index in [-0.39, 0.29) is 11.1 Å². The van der Waals surface area contributed by atoms with Crippen LogP contribution in [0, 0.1) is 12.7 Å². The maximum absolute atomic E-state index is 12.9. The molecule has 0 aliphatic rings. The van der Waals surface area contributed by atoms with E-state index in [9.17, 15) is 4.39 Å². The Hall–Kier alpha value is -1.81. The second kappa shape index (κ2) is 5.29. The molecule has 0 amide bonds. The molecule has 0 saturated carbocycles. The van der Waals surface area contributed by atoms with Gasteiger partial charge in [0.15, 0.2) is 5.16 Å². The second-order valence-corrected chi connectivity index (χ2v) is 6.20. The van der Waals surface area contributed by atoms with Crippen LogP contribution in [-0.4, -0.2) is 9.97 Å². The summed E-state index contributed by atoms with van der Waals surface area (Å²) >= 11 is 1.65. The van der Waals surface area contributed by atoms with E-state index in [2.05, 4.69) is 35.9 Å². The summed E-state index contributed by atoms with van der Waals surface area (Å²) in [5.41, 5.74) is 4.33. The van der Waals surface area contributed by atoms with Gasteiger partial charge in [0.2, 0.25) is 0 Å². The number of benzene rings is 2. The number of nitrogens with zero attached hydrogens (tertiary/aromatic N) is 1. The summed E-state index contributed by atoms with van der Waals surface area (Å²) in [5, 5.41) is 1.11. The summed E-state index contributed by atoms with van der Waals surface area (Å²) in [4.78, 5) is 7.90. The summed E-state index contributed by atoms with van der Waals surface area (Å²) in [6, 6.07) is 12.8. The summed E-state index contributed by atoms with van der Waals surface area (Å²) in [6.07, 6.45) is 0. The van der Waals surface area contributed by atoms with Gasteiger partial charge < -0.3 is 4.98 Å².